The largest absolute Gasteiger partial charge is 0.480 e. The molecule has 1 aromatic heterocycles. The molecule has 1 amide bonds. The van der Waals surface area contributed by atoms with Crippen LogP contribution in [-0.4, -0.2) is 32.9 Å². The average molecular weight is 365 g/mol. The molecule has 0 spiro atoms. The Morgan fingerprint density at radius 3 is 2.52 bits per heavy atom. The van der Waals surface area contributed by atoms with Gasteiger partial charge in [-0.2, -0.15) is 0 Å². The molecule has 0 radical (unpaired) electrons. The van der Waals surface area contributed by atoms with Gasteiger partial charge in [-0.15, -0.1) is 0 Å². The molecule has 0 aliphatic carbocycles. The van der Waals surface area contributed by atoms with Crippen LogP contribution >= 0.6 is 0 Å². The monoisotopic (exact) mass is 365 g/mol. The molecule has 2 N–H and O–H groups in total. The Kier molecular flexibility index (Phi) is 5.07. The fourth-order valence-corrected chi connectivity index (χ4v) is 2.71. The number of benzene rings is 2. The van der Waals surface area contributed by atoms with Crippen molar-refractivity contribution in [3.8, 4) is 0 Å². The summed E-state index contributed by atoms with van der Waals surface area (Å²) < 4.78 is 0. The Morgan fingerprint density at radius 2 is 1.78 bits per heavy atom. The van der Waals surface area contributed by atoms with E-state index in [1.807, 2.05) is 12.1 Å². The second-order valence-corrected chi connectivity index (χ2v) is 5.84. The Balaban J connectivity index is 1.82. The minimum atomic E-state index is -1.33. The minimum absolute atomic E-state index is 0.0718. The highest BCUT2D eigenvalue weighted by Crippen LogP contribution is 2.19. The summed E-state index contributed by atoms with van der Waals surface area (Å²) >= 11 is 0. The number of amides is 1. The van der Waals surface area contributed by atoms with Crippen LogP contribution in [0.5, 0.6) is 0 Å². The van der Waals surface area contributed by atoms with Crippen molar-refractivity contribution in [1.82, 2.24) is 10.3 Å². The lowest BCUT2D eigenvalue weighted by atomic mass is 10.0. The summed E-state index contributed by atoms with van der Waals surface area (Å²) in [6, 6.07) is 14.9. The van der Waals surface area contributed by atoms with Crippen LogP contribution in [0.1, 0.15) is 16.1 Å². The third-order valence-corrected chi connectivity index (χ3v) is 4.05. The van der Waals surface area contributed by atoms with E-state index in [1.54, 1.807) is 24.3 Å². The molecule has 136 valence electrons. The third-order valence-electron chi connectivity index (χ3n) is 4.05. The number of hydrogen-bond donors (Lipinski definition) is 2. The second kappa shape index (κ2) is 7.61. The lowest BCUT2D eigenvalue weighted by Crippen LogP contribution is -2.42. The van der Waals surface area contributed by atoms with Crippen LogP contribution in [0.25, 0.3) is 10.9 Å². The van der Waals surface area contributed by atoms with Gasteiger partial charge in [0.2, 0.25) is 0 Å². The molecule has 2 aromatic carbocycles. The normalized spacial score (nSPS) is 11.7. The van der Waals surface area contributed by atoms with Gasteiger partial charge >= 0.3 is 5.97 Å². The van der Waals surface area contributed by atoms with Crippen LogP contribution < -0.4 is 5.32 Å². The van der Waals surface area contributed by atoms with E-state index in [-0.39, 0.29) is 23.4 Å². The number of para-hydroxylation sites is 2. The van der Waals surface area contributed by atoms with Crippen molar-refractivity contribution in [2.24, 2.45) is 0 Å². The molecule has 0 aliphatic heterocycles. The SMILES string of the molecule is O=C(N[C@H](Cc1ccccc1[N+](=O)[O-])C(=O)O)c1ccc2ccccc2n1. The highest BCUT2D eigenvalue weighted by atomic mass is 16.6. The maximum absolute atomic E-state index is 12.4. The van der Waals surface area contributed by atoms with Crippen LogP contribution in [0.2, 0.25) is 0 Å². The summed E-state index contributed by atoms with van der Waals surface area (Å²) in [6.07, 6.45) is -0.216. The number of carbonyl (C=O) groups is 2. The fraction of sp³-hybridized carbons (Fsp3) is 0.105. The molecule has 3 aromatic rings. The zero-order valence-electron chi connectivity index (χ0n) is 14.0. The second-order valence-electron chi connectivity index (χ2n) is 5.84. The third kappa shape index (κ3) is 4.06. The number of carbonyl (C=O) groups excluding carboxylic acids is 1. The van der Waals surface area contributed by atoms with Gasteiger partial charge in [-0.25, -0.2) is 9.78 Å². The van der Waals surface area contributed by atoms with E-state index in [0.717, 1.165) is 5.39 Å². The standard InChI is InChI=1S/C19H15N3O5/c23-18(15-10-9-12-5-1-3-7-14(12)20-15)21-16(19(24)25)11-13-6-2-4-8-17(13)22(26)27/h1-10,16H,11H2,(H,21,23)(H,24,25)/t16-/m1/s1. The number of nitro groups is 1. The van der Waals surface area contributed by atoms with Gasteiger partial charge in [0.15, 0.2) is 0 Å². The summed E-state index contributed by atoms with van der Waals surface area (Å²) in [6.45, 7) is 0. The molecule has 3 rings (SSSR count). The first-order chi connectivity index (χ1) is 13.0. The Labute approximate surface area is 153 Å². The van der Waals surface area contributed by atoms with Gasteiger partial charge < -0.3 is 10.4 Å². The summed E-state index contributed by atoms with van der Waals surface area (Å²) in [5.41, 5.74) is 0.710. The molecular formula is C19H15N3O5. The number of carboxylic acid groups (broad SMARTS) is 1. The summed E-state index contributed by atoms with van der Waals surface area (Å²) in [5, 5.41) is 23.8. The zero-order valence-corrected chi connectivity index (χ0v) is 14.0. The average Bonchev–Trinajstić information content (AvgIpc) is 2.67. The molecule has 0 saturated carbocycles. The van der Waals surface area contributed by atoms with E-state index >= 15 is 0 Å². The molecule has 27 heavy (non-hydrogen) atoms. The maximum Gasteiger partial charge on any atom is 0.326 e. The fourth-order valence-electron chi connectivity index (χ4n) is 2.71. The molecule has 0 aliphatic rings. The van der Waals surface area contributed by atoms with E-state index in [9.17, 15) is 24.8 Å². The van der Waals surface area contributed by atoms with Crippen molar-refractivity contribution in [2.45, 2.75) is 12.5 Å². The Bertz CT molecular complexity index is 1030. The number of rotatable bonds is 6. The van der Waals surface area contributed by atoms with Gasteiger partial charge in [-0.3, -0.25) is 14.9 Å². The predicted molar refractivity (Wildman–Crippen MR) is 97.4 cm³/mol. The maximum atomic E-state index is 12.4. The van der Waals surface area contributed by atoms with Crippen molar-refractivity contribution in [1.29, 1.82) is 0 Å². The van der Waals surface area contributed by atoms with Gasteiger partial charge in [0, 0.05) is 23.4 Å². The van der Waals surface area contributed by atoms with E-state index in [2.05, 4.69) is 10.3 Å². The van der Waals surface area contributed by atoms with Crippen molar-refractivity contribution in [3.63, 3.8) is 0 Å². The quantitative estimate of drug-likeness (QED) is 0.511. The van der Waals surface area contributed by atoms with Crippen LogP contribution in [-0.2, 0) is 11.2 Å². The van der Waals surface area contributed by atoms with Gasteiger partial charge in [0.1, 0.15) is 11.7 Å². The minimum Gasteiger partial charge on any atom is -0.480 e. The van der Waals surface area contributed by atoms with Gasteiger partial charge in [0.25, 0.3) is 11.6 Å². The van der Waals surface area contributed by atoms with E-state index in [0.29, 0.717) is 5.52 Å². The first kappa shape index (κ1) is 18.0. The lowest BCUT2D eigenvalue weighted by molar-refractivity contribution is -0.385. The number of aliphatic carboxylic acids is 1. The Hall–Kier alpha value is -3.81. The number of nitro benzene ring substituents is 1. The predicted octanol–water partition coefficient (Wildman–Crippen LogP) is 2.57. The van der Waals surface area contributed by atoms with Gasteiger partial charge in [-0.05, 0) is 12.1 Å². The number of aromatic nitrogens is 1. The Morgan fingerprint density at radius 1 is 1.07 bits per heavy atom. The summed E-state index contributed by atoms with van der Waals surface area (Å²) in [7, 11) is 0. The van der Waals surface area contributed by atoms with Crippen molar-refractivity contribution in [2.75, 3.05) is 0 Å². The molecule has 1 heterocycles. The summed E-state index contributed by atoms with van der Waals surface area (Å²) in [4.78, 5) is 38.7. The molecular weight excluding hydrogens is 350 g/mol. The smallest absolute Gasteiger partial charge is 0.326 e. The molecule has 8 heteroatoms. The number of pyridine rings is 1. The lowest BCUT2D eigenvalue weighted by Gasteiger charge is -2.14. The molecule has 1 atom stereocenters. The first-order valence-electron chi connectivity index (χ1n) is 8.07. The van der Waals surface area contributed by atoms with E-state index < -0.39 is 22.8 Å². The molecule has 0 fully saturated rings. The van der Waals surface area contributed by atoms with Crippen molar-refractivity contribution < 1.29 is 19.6 Å². The van der Waals surface area contributed by atoms with Gasteiger partial charge in [0.05, 0.1) is 10.4 Å². The van der Waals surface area contributed by atoms with Crippen LogP contribution in [0.15, 0.2) is 60.7 Å². The number of nitrogens with zero attached hydrogens (tertiary/aromatic N) is 2. The van der Waals surface area contributed by atoms with Crippen LogP contribution in [0.3, 0.4) is 0 Å². The van der Waals surface area contributed by atoms with Crippen LogP contribution in [0, 0.1) is 10.1 Å². The van der Waals surface area contributed by atoms with Gasteiger partial charge in [-0.1, -0.05) is 42.5 Å². The number of fused-ring (bicyclic) bond motifs is 1. The molecule has 0 saturated heterocycles. The zero-order chi connectivity index (χ0) is 19.4. The van der Waals surface area contributed by atoms with Crippen LogP contribution in [0.4, 0.5) is 5.69 Å². The number of nitrogens with one attached hydrogen (secondary N) is 1. The molecule has 0 bridgehead atoms. The highest BCUT2D eigenvalue weighted by Gasteiger charge is 2.25. The van der Waals surface area contributed by atoms with E-state index in [1.165, 1.54) is 24.3 Å². The van der Waals surface area contributed by atoms with E-state index in [4.69, 9.17) is 0 Å². The highest BCUT2D eigenvalue weighted by molar-refractivity contribution is 5.97. The number of hydrogen-bond acceptors (Lipinski definition) is 5. The first-order valence-corrected chi connectivity index (χ1v) is 8.07. The summed E-state index contributed by atoms with van der Waals surface area (Å²) in [5.74, 6) is -1.95. The van der Waals surface area contributed by atoms with Crippen molar-refractivity contribution >= 4 is 28.5 Å². The van der Waals surface area contributed by atoms with Crippen molar-refractivity contribution in [3.05, 3.63) is 82.0 Å². The molecule has 8 nitrogen and oxygen atoms in total. The number of carboxylic acids is 1. The molecule has 0 unspecified atom stereocenters. The topological polar surface area (TPSA) is 122 Å².